The molecule has 4 aromatic rings. The van der Waals surface area contributed by atoms with Crippen molar-refractivity contribution in [1.29, 1.82) is 0 Å². The van der Waals surface area contributed by atoms with Crippen LogP contribution in [0.1, 0.15) is 37.6 Å². The largest absolute Gasteiger partial charge is 0.348 e. The predicted molar refractivity (Wildman–Crippen MR) is 145 cm³/mol. The second-order valence-corrected chi connectivity index (χ2v) is 10.6. The molecule has 1 aromatic heterocycles. The van der Waals surface area contributed by atoms with Crippen molar-refractivity contribution >= 4 is 49.9 Å². The second-order valence-electron chi connectivity index (χ2n) is 8.10. The summed E-state index contributed by atoms with van der Waals surface area (Å²) in [5, 5.41) is 4.61. The number of nitrogens with zero attached hydrogens (tertiary/aromatic N) is 2. The van der Waals surface area contributed by atoms with Crippen LogP contribution in [0.4, 0.5) is 5.13 Å². The molecule has 0 aliphatic carbocycles. The normalized spacial score (nSPS) is 10.8. The lowest BCUT2D eigenvalue weighted by molar-refractivity contribution is 0.0951. The standard InChI is InChI=1S/C27H25BrClN3OS/c1-18-19(2)34-27(31-18)32(17-23-7-3-4-9-25(23)28)16-20-10-12-22(13-11-20)26(33)30-15-21-6-5-8-24(29)14-21/h3-14H,15-17H2,1-2H3,(H,30,33). The highest BCUT2D eigenvalue weighted by Crippen LogP contribution is 2.29. The summed E-state index contributed by atoms with van der Waals surface area (Å²) in [6.45, 7) is 6.00. The van der Waals surface area contributed by atoms with Crippen molar-refractivity contribution in [3.8, 4) is 0 Å². The van der Waals surface area contributed by atoms with Crippen molar-refractivity contribution in [2.24, 2.45) is 0 Å². The van der Waals surface area contributed by atoms with Gasteiger partial charge in [-0.2, -0.15) is 0 Å². The van der Waals surface area contributed by atoms with Gasteiger partial charge in [-0.15, -0.1) is 11.3 Å². The molecular formula is C27H25BrClN3OS. The monoisotopic (exact) mass is 553 g/mol. The Hall–Kier alpha value is -2.67. The van der Waals surface area contributed by atoms with Gasteiger partial charge in [0.25, 0.3) is 5.91 Å². The number of anilines is 1. The van der Waals surface area contributed by atoms with E-state index in [4.69, 9.17) is 16.6 Å². The summed E-state index contributed by atoms with van der Waals surface area (Å²) >= 11 is 11.4. The Morgan fingerprint density at radius 2 is 1.76 bits per heavy atom. The van der Waals surface area contributed by atoms with Crippen LogP contribution in [0.5, 0.6) is 0 Å². The molecule has 0 saturated heterocycles. The third kappa shape index (κ3) is 6.26. The Labute approximate surface area is 217 Å². The van der Waals surface area contributed by atoms with Crippen molar-refractivity contribution in [3.05, 3.63) is 115 Å². The lowest BCUT2D eigenvalue weighted by atomic mass is 10.1. The van der Waals surface area contributed by atoms with E-state index in [-0.39, 0.29) is 5.91 Å². The van der Waals surface area contributed by atoms with Gasteiger partial charge in [0.05, 0.1) is 5.69 Å². The van der Waals surface area contributed by atoms with Crippen LogP contribution in [-0.2, 0) is 19.6 Å². The quantitative estimate of drug-likeness (QED) is 0.248. The molecule has 0 bridgehead atoms. The number of amides is 1. The molecule has 1 heterocycles. The molecule has 0 radical (unpaired) electrons. The zero-order valence-electron chi connectivity index (χ0n) is 19.0. The number of thiazole rings is 1. The van der Waals surface area contributed by atoms with Crippen molar-refractivity contribution in [2.75, 3.05) is 4.90 Å². The average Bonchev–Trinajstić information content (AvgIpc) is 3.17. The molecule has 34 heavy (non-hydrogen) atoms. The van der Waals surface area contributed by atoms with Crippen molar-refractivity contribution in [1.82, 2.24) is 10.3 Å². The molecule has 0 saturated carbocycles. The van der Waals surface area contributed by atoms with Crippen LogP contribution in [0.3, 0.4) is 0 Å². The van der Waals surface area contributed by atoms with Gasteiger partial charge < -0.3 is 10.2 Å². The number of rotatable bonds is 8. The maximum Gasteiger partial charge on any atom is 0.251 e. The van der Waals surface area contributed by atoms with E-state index in [9.17, 15) is 4.79 Å². The van der Waals surface area contributed by atoms with E-state index >= 15 is 0 Å². The van der Waals surface area contributed by atoms with Crippen LogP contribution in [-0.4, -0.2) is 10.9 Å². The molecule has 0 atom stereocenters. The molecular weight excluding hydrogens is 530 g/mol. The minimum Gasteiger partial charge on any atom is -0.348 e. The Morgan fingerprint density at radius 3 is 2.44 bits per heavy atom. The minimum atomic E-state index is -0.109. The molecule has 7 heteroatoms. The highest BCUT2D eigenvalue weighted by Gasteiger charge is 2.16. The zero-order chi connectivity index (χ0) is 24.1. The first-order valence-electron chi connectivity index (χ1n) is 10.9. The summed E-state index contributed by atoms with van der Waals surface area (Å²) in [7, 11) is 0. The van der Waals surface area contributed by atoms with Crippen LogP contribution < -0.4 is 10.2 Å². The number of benzene rings is 3. The fraction of sp³-hybridized carbons (Fsp3) is 0.185. The first kappa shape index (κ1) is 24.5. The van der Waals surface area contributed by atoms with Gasteiger partial charge in [0.15, 0.2) is 5.13 Å². The Kier molecular flexibility index (Phi) is 8.03. The van der Waals surface area contributed by atoms with Crippen LogP contribution in [0.15, 0.2) is 77.3 Å². The smallest absolute Gasteiger partial charge is 0.251 e. The number of nitrogens with one attached hydrogen (secondary N) is 1. The topological polar surface area (TPSA) is 45.2 Å². The van der Waals surface area contributed by atoms with Gasteiger partial charge in [-0.1, -0.05) is 70.0 Å². The zero-order valence-corrected chi connectivity index (χ0v) is 22.2. The number of halogens is 2. The maximum absolute atomic E-state index is 12.6. The number of aryl methyl sites for hydroxylation is 2. The summed E-state index contributed by atoms with van der Waals surface area (Å²) in [5.74, 6) is -0.109. The summed E-state index contributed by atoms with van der Waals surface area (Å²) in [6, 6.07) is 23.5. The maximum atomic E-state index is 12.6. The molecule has 0 fully saturated rings. The summed E-state index contributed by atoms with van der Waals surface area (Å²) in [4.78, 5) is 20.9. The highest BCUT2D eigenvalue weighted by molar-refractivity contribution is 9.10. The summed E-state index contributed by atoms with van der Waals surface area (Å²) in [6.07, 6.45) is 0. The first-order valence-corrected chi connectivity index (χ1v) is 12.9. The molecule has 4 nitrogen and oxygen atoms in total. The van der Waals surface area contributed by atoms with Gasteiger partial charge in [-0.25, -0.2) is 4.98 Å². The van der Waals surface area contributed by atoms with Gasteiger partial charge in [0.2, 0.25) is 0 Å². The van der Waals surface area contributed by atoms with E-state index in [0.29, 0.717) is 23.7 Å². The van der Waals surface area contributed by atoms with Crippen molar-refractivity contribution in [2.45, 2.75) is 33.5 Å². The van der Waals surface area contributed by atoms with E-state index in [2.05, 4.69) is 45.2 Å². The van der Waals surface area contributed by atoms with E-state index < -0.39 is 0 Å². The molecule has 0 aliphatic rings. The second kappa shape index (κ2) is 11.2. The predicted octanol–water partition coefficient (Wildman–Crippen LogP) is 7.31. The van der Waals surface area contributed by atoms with E-state index in [1.807, 2.05) is 67.6 Å². The number of hydrogen-bond acceptors (Lipinski definition) is 4. The molecule has 0 unspecified atom stereocenters. The Morgan fingerprint density at radius 1 is 1.00 bits per heavy atom. The lowest BCUT2D eigenvalue weighted by Gasteiger charge is -2.23. The molecule has 1 N–H and O–H groups in total. The van der Waals surface area contributed by atoms with Crippen LogP contribution >= 0.6 is 38.9 Å². The minimum absolute atomic E-state index is 0.109. The van der Waals surface area contributed by atoms with Gasteiger partial charge >= 0.3 is 0 Å². The van der Waals surface area contributed by atoms with Gasteiger partial charge in [-0.05, 0) is 60.9 Å². The first-order chi connectivity index (χ1) is 16.4. The fourth-order valence-electron chi connectivity index (χ4n) is 3.53. The number of hydrogen-bond donors (Lipinski definition) is 1. The molecule has 3 aromatic carbocycles. The number of carbonyl (C=O) groups excluding carboxylic acids is 1. The van der Waals surface area contributed by atoms with Crippen LogP contribution in [0.25, 0.3) is 0 Å². The Bertz CT molecular complexity index is 1270. The molecule has 174 valence electrons. The molecule has 0 spiro atoms. The van der Waals surface area contributed by atoms with Gasteiger partial charge in [0.1, 0.15) is 0 Å². The molecule has 4 rings (SSSR count). The number of aromatic nitrogens is 1. The van der Waals surface area contributed by atoms with Crippen LogP contribution in [0.2, 0.25) is 5.02 Å². The molecule has 1 amide bonds. The summed E-state index contributed by atoms with van der Waals surface area (Å²) < 4.78 is 1.08. The van der Waals surface area contributed by atoms with Crippen LogP contribution in [0, 0.1) is 13.8 Å². The van der Waals surface area contributed by atoms with Crippen molar-refractivity contribution in [3.63, 3.8) is 0 Å². The third-order valence-electron chi connectivity index (χ3n) is 5.54. The van der Waals surface area contributed by atoms with E-state index in [0.717, 1.165) is 33.0 Å². The van der Waals surface area contributed by atoms with E-state index in [1.54, 1.807) is 11.3 Å². The van der Waals surface area contributed by atoms with Gasteiger partial charge in [0, 0.05) is 39.6 Å². The van der Waals surface area contributed by atoms with Gasteiger partial charge in [-0.3, -0.25) is 4.79 Å². The summed E-state index contributed by atoms with van der Waals surface area (Å²) in [5.41, 5.74) is 4.97. The Balaban J connectivity index is 1.47. The third-order valence-corrected chi connectivity index (χ3v) is 7.68. The lowest BCUT2D eigenvalue weighted by Crippen LogP contribution is -2.23. The highest BCUT2D eigenvalue weighted by atomic mass is 79.9. The average molecular weight is 555 g/mol. The fourth-order valence-corrected chi connectivity index (χ4v) is 5.06. The van der Waals surface area contributed by atoms with Crippen molar-refractivity contribution < 1.29 is 4.79 Å². The SMILES string of the molecule is Cc1nc(N(Cc2ccc(C(=O)NCc3cccc(Cl)c3)cc2)Cc2ccccc2Br)sc1C. The number of carbonyl (C=O) groups is 1. The van der Waals surface area contributed by atoms with E-state index in [1.165, 1.54) is 10.4 Å². The molecule has 0 aliphatic heterocycles.